The van der Waals surface area contributed by atoms with Gasteiger partial charge >= 0.3 is 40.7 Å². The van der Waals surface area contributed by atoms with Crippen molar-refractivity contribution in [3.63, 3.8) is 0 Å². The molecule has 3 aliphatic heterocycles. The number of hydrogen-bond acceptors (Lipinski definition) is 21. The van der Waals surface area contributed by atoms with Gasteiger partial charge in [0.2, 0.25) is 0 Å². The minimum atomic E-state index is -4.20. The Bertz CT molecular complexity index is 3890. The molecule has 9 rings (SSSR count). The number of rotatable bonds is 27. The normalized spacial score (nSPS) is 13.5. The zero-order chi connectivity index (χ0) is 67.8. The summed E-state index contributed by atoms with van der Waals surface area (Å²) < 4.78 is 101. The van der Waals surface area contributed by atoms with E-state index in [0.717, 1.165) is 33.4 Å². The molecule has 0 spiro atoms. The summed E-state index contributed by atoms with van der Waals surface area (Å²) >= 11 is 0. The molecule has 98 heavy (non-hydrogen) atoms. The number of phenolic OH excluding ortho intramolecular Hbond substituents is 3. The highest BCUT2D eigenvalue weighted by Crippen LogP contribution is 2.50. The molecule has 1 atom stereocenters. The first-order valence-corrected chi connectivity index (χ1v) is 34.1. The SMILES string of the molecule is C.C.C.C.C.COc1c(C)c2c(c(O)c1C/C=C(\C)COCP(=O)(O)O)C(=O)OC2.COc1c(C)c2c(c(O)c1C/C=C(\C)COCP(=O)(O)Oc1ccccc1)C(=O)OC2.COc1c(C)c2c(c(O)c1C/C=C(\C)COCP(=O)(Oc1ccccc1)Oc1ccccc1)C(=O)OC2. The lowest BCUT2D eigenvalue weighted by Gasteiger charge is -2.20. The van der Waals surface area contributed by atoms with Crippen molar-refractivity contribution in [2.75, 3.05) is 60.2 Å². The molecule has 0 saturated carbocycles. The van der Waals surface area contributed by atoms with Crippen molar-refractivity contribution in [1.29, 1.82) is 0 Å². The number of aromatic hydroxyl groups is 3. The van der Waals surface area contributed by atoms with Crippen molar-refractivity contribution in [3.8, 4) is 51.7 Å². The summed E-state index contributed by atoms with van der Waals surface area (Å²) in [6.45, 7) is 11.4. The molecule has 0 bridgehead atoms. The number of benzene rings is 6. The van der Waals surface area contributed by atoms with Crippen molar-refractivity contribution in [2.45, 2.75) is 118 Å². The third-order valence-electron chi connectivity index (χ3n) is 14.6. The highest BCUT2D eigenvalue weighted by atomic mass is 31.2. The van der Waals surface area contributed by atoms with Crippen LogP contribution in [-0.2, 0) is 81.2 Å². The number of methoxy groups -OCH3 is 3. The molecule has 3 aliphatic rings. The molecule has 0 aromatic heterocycles. The van der Waals surface area contributed by atoms with Gasteiger partial charge in [0.25, 0.3) is 0 Å². The Morgan fingerprint density at radius 3 is 1.00 bits per heavy atom. The quantitative estimate of drug-likeness (QED) is 0.0121. The van der Waals surface area contributed by atoms with Crippen LogP contribution in [-0.4, -0.2) is 108 Å². The second-order valence-corrected chi connectivity index (χ2v) is 26.7. The molecular weight excluding hydrogens is 1330 g/mol. The maximum atomic E-state index is 13.5. The summed E-state index contributed by atoms with van der Waals surface area (Å²) in [6, 6.07) is 25.9. The summed E-state index contributed by atoms with van der Waals surface area (Å²) in [5.74, 6) is 0.473. The number of carbonyl (C=O) groups is 3. The molecule has 6 aromatic rings. The van der Waals surface area contributed by atoms with Crippen LogP contribution in [0, 0.1) is 20.8 Å². The molecule has 24 nitrogen and oxygen atoms in total. The van der Waals surface area contributed by atoms with E-state index < -0.39 is 53.4 Å². The smallest absolute Gasteiger partial charge is 0.456 e. The Labute approximate surface area is 574 Å². The van der Waals surface area contributed by atoms with Crippen molar-refractivity contribution >= 4 is 40.7 Å². The standard InChI is InChI=1S/C28H29O8P.C22H25O8P.C16H21O8P.5CH4/c1-19(14-15-23-26(29)25-24(17-34-28(25)30)20(2)27(23)32-3)16-33-18-37(31,35-21-10-6-4-7-11-21)36-22-12-8-5-9-13-22;1-14(11-28-13-31(25,26)30-16-7-5-4-6-8-16)9-10-17-20(23)19-18(12-29-22(19)24)15(2)21(17)27-3;1-9(6-23-8-25(19,20)21)4-5-11-14(17)13-12(7-24-16(13)18)10(2)15(11)22-3;;;;;/h4-14,29H,15-18H2,1-3H3;4-9,23H,10-13H2,1-3H3,(H,25,26);4,17H,5-8H2,1-3H3,(H2,19,20,21);5*1H4/b19-14+;14-9+;9-4+;;;;;. The van der Waals surface area contributed by atoms with Gasteiger partial charge in [0.15, 0.2) is 12.7 Å². The van der Waals surface area contributed by atoms with Gasteiger partial charge in [-0.05, 0) is 114 Å². The maximum absolute atomic E-state index is 13.5. The van der Waals surface area contributed by atoms with Gasteiger partial charge in [-0.3, -0.25) is 4.57 Å². The lowest BCUT2D eigenvalue weighted by atomic mass is 9.95. The summed E-state index contributed by atoms with van der Waals surface area (Å²) in [5.41, 5.74) is 8.36. The molecule has 1 unspecified atom stereocenters. The molecule has 6 aromatic carbocycles. The average Bonchev–Trinajstić information content (AvgIpc) is 1.53. The first-order valence-electron chi connectivity index (χ1n) is 28.8. The van der Waals surface area contributed by atoms with E-state index in [9.17, 15) is 48.3 Å². The minimum Gasteiger partial charge on any atom is -0.507 e. The summed E-state index contributed by atoms with van der Waals surface area (Å²) in [4.78, 5) is 63.4. The molecule has 0 fully saturated rings. The summed E-state index contributed by atoms with van der Waals surface area (Å²) in [5, 5.41) is 31.9. The van der Waals surface area contributed by atoms with Crippen LogP contribution in [0.2, 0.25) is 0 Å². The van der Waals surface area contributed by atoms with Crippen molar-refractivity contribution < 1.29 is 114 Å². The Hall–Kier alpha value is -8.40. The van der Waals surface area contributed by atoms with E-state index in [1.807, 2.05) is 39.0 Å². The number of allylic oxidation sites excluding steroid dienone is 3. The van der Waals surface area contributed by atoms with Gasteiger partial charge < -0.3 is 86.2 Å². The van der Waals surface area contributed by atoms with Crippen molar-refractivity contribution in [3.05, 3.63) is 193 Å². The molecular formula is C71H95O24P3. The van der Waals surface area contributed by atoms with E-state index in [1.54, 1.807) is 112 Å². The van der Waals surface area contributed by atoms with Gasteiger partial charge in [0.1, 0.15) is 94.6 Å². The monoisotopic (exact) mass is 1420 g/mol. The van der Waals surface area contributed by atoms with Gasteiger partial charge in [-0.1, -0.05) is 127 Å². The fraction of sp³-hybridized carbons (Fsp3) is 0.366. The molecule has 0 amide bonds. The van der Waals surface area contributed by atoms with Crippen LogP contribution < -0.4 is 27.8 Å². The van der Waals surface area contributed by atoms with Crippen LogP contribution in [0.1, 0.15) is 139 Å². The van der Waals surface area contributed by atoms with E-state index in [1.165, 1.54) is 21.3 Å². The Balaban J connectivity index is 0.000000496. The predicted octanol–water partition coefficient (Wildman–Crippen LogP) is 15.5. The molecule has 0 saturated heterocycles. The number of esters is 3. The number of fused-ring (bicyclic) bond motifs is 3. The van der Waals surface area contributed by atoms with Crippen LogP contribution in [0.3, 0.4) is 0 Å². The van der Waals surface area contributed by atoms with Crippen LogP contribution in [0.25, 0.3) is 0 Å². The first-order chi connectivity index (χ1) is 44.2. The molecule has 0 radical (unpaired) electrons. The maximum Gasteiger partial charge on any atom is 0.456 e. The highest BCUT2D eigenvalue weighted by molar-refractivity contribution is 7.54. The Morgan fingerprint density at radius 2 is 0.714 bits per heavy atom. The number of para-hydroxylation sites is 3. The molecule has 3 heterocycles. The van der Waals surface area contributed by atoms with Crippen LogP contribution in [0.15, 0.2) is 126 Å². The first kappa shape index (κ1) is 85.7. The molecule has 0 aliphatic carbocycles. The zero-order valence-electron chi connectivity index (χ0n) is 52.8. The van der Waals surface area contributed by atoms with E-state index >= 15 is 0 Å². The highest BCUT2D eigenvalue weighted by Gasteiger charge is 2.35. The van der Waals surface area contributed by atoms with Crippen LogP contribution in [0.5, 0.6) is 51.7 Å². The lowest BCUT2D eigenvalue weighted by molar-refractivity contribution is 0.0523. The van der Waals surface area contributed by atoms with Crippen molar-refractivity contribution in [2.24, 2.45) is 0 Å². The zero-order valence-corrected chi connectivity index (χ0v) is 55.4. The van der Waals surface area contributed by atoms with E-state index in [-0.39, 0.29) is 136 Å². The van der Waals surface area contributed by atoms with Gasteiger partial charge in [-0.2, -0.15) is 0 Å². The van der Waals surface area contributed by atoms with Crippen molar-refractivity contribution in [1.82, 2.24) is 0 Å². The summed E-state index contributed by atoms with van der Waals surface area (Å²) in [7, 11) is -7.35. The largest absolute Gasteiger partial charge is 0.507 e. The Morgan fingerprint density at radius 1 is 0.439 bits per heavy atom. The van der Waals surface area contributed by atoms with E-state index in [4.69, 9.17) is 66.0 Å². The van der Waals surface area contributed by atoms with E-state index in [2.05, 4.69) is 0 Å². The third-order valence-corrected chi connectivity index (χ3v) is 17.6. The fourth-order valence-electron chi connectivity index (χ4n) is 10.1. The predicted molar refractivity (Wildman–Crippen MR) is 375 cm³/mol. The number of cyclic esters (lactones) is 3. The second kappa shape index (κ2) is 38.7. The molecule has 27 heteroatoms. The molecule has 538 valence electrons. The van der Waals surface area contributed by atoms with Gasteiger partial charge in [-0.15, -0.1) is 0 Å². The number of phenols is 3. The van der Waals surface area contributed by atoms with Gasteiger partial charge in [0.05, 0.1) is 41.2 Å². The van der Waals surface area contributed by atoms with Gasteiger partial charge in [0, 0.05) is 33.4 Å². The Kier molecular flexibility index (Phi) is 33.8. The van der Waals surface area contributed by atoms with E-state index in [0.29, 0.717) is 68.5 Å². The minimum absolute atomic E-state index is 0. The third kappa shape index (κ3) is 22.3. The topological polar surface area (TPSA) is 335 Å². The molecule has 6 N–H and O–H groups in total. The van der Waals surface area contributed by atoms with Crippen LogP contribution >= 0.6 is 22.8 Å². The lowest BCUT2D eigenvalue weighted by Crippen LogP contribution is -2.09. The number of carbonyl (C=O) groups excluding carboxylic acids is 3. The van der Waals surface area contributed by atoms with Gasteiger partial charge in [-0.25, -0.2) is 23.5 Å². The van der Waals surface area contributed by atoms with Crippen LogP contribution in [0.4, 0.5) is 0 Å². The summed E-state index contributed by atoms with van der Waals surface area (Å²) in [6.07, 6.45) is 4.83. The number of hydrogen-bond donors (Lipinski definition) is 6. The fourth-order valence-corrected chi connectivity index (χ4v) is 12.6. The second-order valence-electron chi connectivity index (χ2n) is 21.6. The average molecular weight is 1430 g/mol. The number of ether oxygens (including phenoxy) is 9.